The van der Waals surface area contributed by atoms with E-state index in [4.69, 9.17) is 18.9 Å². The van der Waals surface area contributed by atoms with E-state index in [1.165, 1.54) is 19.3 Å². The molecule has 3 heterocycles. The molecule has 1 N–H and O–H groups in total. The van der Waals surface area contributed by atoms with Crippen molar-refractivity contribution in [1.82, 2.24) is 19.9 Å². The van der Waals surface area contributed by atoms with E-state index in [1.54, 1.807) is 0 Å². The van der Waals surface area contributed by atoms with Crippen LogP contribution in [0.4, 0.5) is 5.82 Å². The molecule has 0 unspecified atom stereocenters. The van der Waals surface area contributed by atoms with Crippen LogP contribution in [-0.4, -0.2) is 58.3 Å². The second kappa shape index (κ2) is 6.24. The topological polar surface area (TPSA) is 69.5 Å². The number of likely N-dealkylation sites (tertiary alicyclic amines) is 1. The van der Waals surface area contributed by atoms with Crippen molar-refractivity contribution >= 4 is 22.8 Å². The summed E-state index contributed by atoms with van der Waals surface area (Å²) in [6.45, 7) is -1.42. The first-order valence-electron chi connectivity index (χ1n) is 11.2. The predicted molar refractivity (Wildman–Crippen MR) is 87.9 cm³/mol. The molecule has 0 spiro atoms. The Hall–Kier alpha value is -2.62. The molecule has 7 heteroatoms. The first-order chi connectivity index (χ1) is 14.4. The normalized spacial score (nSPS) is 38.3. The van der Waals surface area contributed by atoms with Crippen LogP contribution < -0.4 is 4.90 Å². The predicted octanol–water partition coefficient (Wildman–Crippen LogP) is 1.55. The second-order valence-corrected chi connectivity index (χ2v) is 4.89. The van der Waals surface area contributed by atoms with Gasteiger partial charge in [0.05, 0.1) is 15.5 Å². The zero-order valence-electron chi connectivity index (χ0n) is 21.5. The van der Waals surface area contributed by atoms with Gasteiger partial charge in [-0.15, -0.1) is 0 Å². The molecule has 0 bridgehead atoms. The van der Waals surface area contributed by atoms with E-state index in [-0.39, 0.29) is 16.4 Å². The fraction of sp³-hybridized carbons (Fsp3) is 0.500. The van der Waals surface area contributed by atoms with Crippen molar-refractivity contribution in [2.45, 2.75) is 19.4 Å². The van der Waals surface area contributed by atoms with Crippen LogP contribution in [0.15, 0.2) is 18.6 Å². The van der Waals surface area contributed by atoms with Crippen molar-refractivity contribution < 1.29 is 17.1 Å². The molecule has 0 aromatic carbocycles. The lowest BCUT2D eigenvalue weighted by atomic mass is 9.92. The highest BCUT2D eigenvalue weighted by atomic mass is 16.2. The fourth-order valence-corrected chi connectivity index (χ4v) is 2.28. The van der Waals surface area contributed by atoms with E-state index >= 15 is 0 Å². The Morgan fingerprint density at radius 1 is 1.78 bits per heavy atom. The van der Waals surface area contributed by atoms with Crippen molar-refractivity contribution in [3.63, 3.8) is 0 Å². The van der Waals surface area contributed by atoms with Gasteiger partial charge >= 0.3 is 5.91 Å². The summed E-state index contributed by atoms with van der Waals surface area (Å²) >= 11 is 0. The quantitative estimate of drug-likeness (QED) is 0.871. The number of hydrogen-bond donors (Lipinski definition) is 1. The van der Waals surface area contributed by atoms with E-state index < -0.39 is 50.0 Å². The zero-order chi connectivity index (χ0) is 24.5. The van der Waals surface area contributed by atoms with Crippen LogP contribution in [0.2, 0.25) is 0 Å². The van der Waals surface area contributed by atoms with Gasteiger partial charge in [0.1, 0.15) is 21.9 Å². The van der Waals surface area contributed by atoms with Crippen LogP contribution in [0, 0.1) is 12.5 Å². The van der Waals surface area contributed by atoms with Gasteiger partial charge in [-0.1, -0.05) is 6.92 Å². The molecule has 23 heavy (non-hydrogen) atoms. The molecule has 7 nitrogen and oxygen atoms in total. The van der Waals surface area contributed by atoms with Crippen molar-refractivity contribution in [2.24, 2.45) is 5.89 Å². The minimum Gasteiger partial charge on any atom is -0.354 e. The summed E-state index contributed by atoms with van der Waals surface area (Å²) in [5, 5.41) is 0.296. The number of hydrogen-bond acceptors (Lipinski definition) is 4. The Labute approximate surface area is 147 Å². The Balaban J connectivity index is 2.28. The van der Waals surface area contributed by atoms with Gasteiger partial charge < -0.3 is 19.6 Å². The number of carbonyl (C=O) groups is 1. The Bertz CT molecular complexity index is 1130. The maximum absolute atomic E-state index is 12.8. The number of nitrogens with one attached hydrogen (secondary N) is 1. The standard InChI is InChI=1S/C16H20N6O/c1-11-5-7-22(14(23)8-17-2)9-13(11)21(3)16-12-4-6-18-15(12)19-10-20-16/h4,6,10-11,13H,5,7-9H2,1,3H3,(H,18,19,20)/t11-,13+/m1/s1/i7D2,8D2,9D2,10D,11D,13D. The largest absolute Gasteiger partial charge is 0.354 e. The van der Waals surface area contributed by atoms with Gasteiger partial charge in [-0.2, -0.15) is 0 Å². The SMILES string of the molecule is [2H]c1nc(N(C)[C@@]2([2H])C([2H])([2H])N(C(=O)C([2H])([2H])[N+]#[C-])C([2H])([2H])C[C@@]2([2H])C)c2cc[nH]c2n1. The Morgan fingerprint density at radius 2 is 2.61 bits per heavy atom. The van der Waals surface area contributed by atoms with Gasteiger partial charge in [0.25, 0.3) is 6.50 Å². The Morgan fingerprint density at radius 3 is 3.39 bits per heavy atom. The van der Waals surface area contributed by atoms with Gasteiger partial charge in [-0.05, 0) is 18.4 Å². The number of rotatable bonds is 3. The van der Waals surface area contributed by atoms with Crippen molar-refractivity contribution in [2.75, 3.05) is 31.4 Å². The van der Waals surface area contributed by atoms with E-state index in [1.807, 2.05) is 0 Å². The van der Waals surface area contributed by atoms with E-state index in [2.05, 4.69) is 19.8 Å². The molecule has 1 saturated heterocycles. The number of nitrogens with zero attached hydrogens (tertiary/aromatic N) is 5. The lowest BCUT2D eigenvalue weighted by Crippen LogP contribution is -2.53. The highest BCUT2D eigenvalue weighted by molar-refractivity contribution is 5.87. The minimum absolute atomic E-state index is 0.0884. The molecule has 0 saturated carbocycles. The maximum atomic E-state index is 12.8. The molecule has 2 aromatic heterocycles. The van der Waals surface area contributed by atoms with Gasteiger partial charge in [-0.3, -0.25) is 4.79 Å². The fourth-order valence-electron chi connectivity index (χ4n) is 2.28. The number of aromatic amines is 1. The number of anilines is 1. The monoisotopic (exact) mass is 321 g/mol. The summed E-state index contributed by atoms with van der Waals surface area (Å²) < 4.78 is 74.6. The molecular weight excluding hydrogens is 292 g/mol. The molecule has 0 radical (unpaired) electrons. The highest BCUT2D eigenvalue weighted by Gasteiger charge is 2.33. The van der Waals surface area contributed by atoms with Crippen LogP contribution in [0.5, 0.6) is 0 Å². The number of aromatic nitrogens is 3. The van der Waals surface area contributed by atoms with Crippen molar-refractivity contribution in [3.05, 3.63) is 30.0 Å². The number of H-pyrrole nitrogens is 1. The number of likely N-dealkylation sites (N-methyl/N-ethyl adjacent to an activating group) is 1. The lowest BCUT2D eigenvalue weighted by molar-refractivity contribution is -0.130. The number of piperidine rings is 1. The summed E-state index contributed by atoms with van der Waals surface area (Å²) in [5.41, 5.74) is 0.214. The van der Waals surface area contributed by atoms with Crippen LogP contribution in [0.1, 0.15) is 25.7 Å². The zero-order valence-corrected chi connectivity index (χ0v) is 12.5. The van der Waals surface area contributed by atoms with E-state index in [0.29, 0.717) is 5.39 Å². The molecule has 1 aliphatic heterocycles. The van der Waals surface area contributed by atoms with Crippen LogP contribution in [0.25, 0.3) is 15.9 Å². The third kappa shape index (κ3) is 2.84. The maximum Gasteiger partial charge on any atom is 0.302 e. The molecule has 1 fully saturated rings. The third-order valence-corrected chi connectivity index (χ3v) is 3.42. The number of amides is 1. The van der Waals surface area contributed by atoms with Gasteiger partial charge in [0.15, 0.2) is 0 Å². The Kier molecular flexibility index (Phi) is 2.11. The van der Waals surface area contributed by atoms with Gasteiger partial charge in [0, 0.05) is 30.4 Å². The second-order valence-electron chi connectivity index (χ2n) is 4.89. The molecule has 0 aliphatic carbocycles. The van der Waals surface area contributed by atoms with E-state index in [9.17, 15) is 4.79 Å². The van der Waals surface area contributed by atoms with Crippen LogP contribution in [0.3, 0.4) is 0 Å². The highest BCUT2D eigenvalue weighted by Crippen LogP contribution is 2.28. The summed E-state index contributed by atoms with van der Waals surface area (Å²) in [6, 6.07) is -1.23. The average Bonchev–Trinajstić information content (AvgIpc) is 3.11. The molecule has 3 rings (SSSR count). The third-order valence-electron chi connectivity index (χ3n) is 3.42. The van der Waals surface area contributed by atoms with Crippen molar-refractivity contribution in [3.8, 4) is 0 Å². The molecule has 1 amide bonds. The van der Waals surface area contributed by atoms with Crippen LogP contribution in [-0.2, 0) is 4.79 Å². The number of fused-ring (bicyclic) bond motifs is 1. The summed E-state index contributed by atoms with van der Waals surface area (Å²) in [6.07, 6.45) is 0.171. The molecular formula is C16H20N6O. The van der Waals surface area contributed by atoms with Crippen LogP contribution >= 0.6 is 0 Å². The minimum atomic E-state index is -3.31. The molecule has 1 aliphatic rings. The molecule has 120 valence electrons. The first kappa shape index (κ1) is 7.77. The summed E-state index contributed by atoms with van der Waals surface area (Å²) in [4.78, 5) is 26.8. The van der Waals surface area contributed by atoms with E-state index in [0.717, 1.165) is 11.8 Å². The molecule has 2 aromatic rings. The first-order valence-corrected chi connectivity index (χ1v) is 6.73. The van der Waals surface area contributed by atoms with Gasteiger partial charge in [-0.25, -0.2) is 16.5 Å². The summed E-state index contributed by atoms with van der Waals surface area (Å²) in [7, 11) is 1.22. The van der Waals surface area contributed by atoms with Gasteiger partial charge in [0.2, 0.25) is 0 Å². The summed E-state index contributed by atoms with van der Waals surface area (Å²) in [5.74, 6) is -4.10. The molecule has 2 atom stereocenters. The smallest absolute Gasteiger partial charge is 0.302 e. The van der Waals surface area contributed by atoms with Crippen molar-refractivity contribution in [1.29, 1.82) is 0 Å². The lowest BCUT2D eigenvalue weighted by Gasteiger charge is -2.41. The number of carbonyl (C=O) groups excluding carboxylic acids is 1. The average molecular weight is 321 g/mol.